The zero-order valence-electron chi connectivity index (χ0n) is 17.7. The second-order valence-electron chi connectivity index (χ2n) is 7.64. The van der Waals surface area contributed by atoms with Gasteiger partial charge in [0.1, 0.15) is 11.8 Å². The van der Waals surface area contributed by atoms with Gasteiger partial charge in [-0.2, -0.15) is 10.2 Å². The van der Waals surface area contributed by atoms with Crippen molar-refractivity contribution in [1.82, 2.24) is 14.7 Å². The smallest absolute Gasteiger partial charge is 0.258 e. The predicted octanol–water partition coefficient (Wildman–Crippen LogP) is 3.55. The van der Waals surface area contributed by atoms with Gasteiger partial charge in [-0.3, -0.25) is 0 Å². The summed E-state index contributed by atoms with van der Waals surface area (Å²) in [6, 6.07) is 15.0. The molecule has 8 nitrogen and oxygen atoms in total. The summed E-state index contributed by atoms with van der Waals surface area (Å²) in [4.78, 5) is 15.2. The van der Waals surface area contributed by atoms with E-state index in [4.69, 9.17) is 9.26 Å². The number of ether oxygens (including phenoxy) is 1. The summed E-state index contributed by atoms with van der Waals surface area (Å²) in [5.74, 6) is 0.192. The molecule has 0 aliphatic rings. The summed E-state index contributed by atoms with van der Waals surface area (Å²) in [7, 11) is 0. The van der Waals surface area contributed by atoms with Crippen LogP contribution in [0.1, 0.15) is 32.3 Å². The van der Waals surface area contributed by atoms with E-state index in [9.17, 15) is 15.2 Å². The Hall–Kier alpha value is -4.12. The van der Waals surface area contributed by atoms with Gasteiger partial charge in [0, 0.05) is 40.7 Å². The van der Waals surface area contributed by atoms with Gasteiger partial charge >= 0.3 is 0 Å². The minimum absolute atomic E-state index is 0.0131. The molecule has 0 saturated carbocycles. The van der Waals surface area contributed by atoms with E-state index in [0.717, 1.165) is 16.5 Å². The first-order valence-corrected chi connectivity index (χ1v) is 10.3. The molecule has 4 rings (SSSR count). The number of fused-ring (bicyclic) bond motifs is 1. The number of benzene rings is 2. The van der Waals surface area contributed by atoms with Gasteiger partial charge in [-0.25, -0.2) is 0 Å². The number of aryl methyl sites for hydroxylation is 1. The fourth-order valence-corrected chi connectivity index (χ4v) is 3.56. The lowest BCUT2D eigenvalue weighted by Gasteiger charge is -2.11. The number of aromatic nitrogens is 3. The van der Waals surface area contributed by atoms with Gasteiger partial charge in [0.15, 0.2) is 0 Å². The summed E-state index contributed by atoms with van der Waals surface area (Å²) in [5, 5.41) is 25.2. The first-order valence-electron chi connectivity index (χ1n) is 10.3. The Balaban J connectivity index is 1.63. The van der Waals surface area contributed by atoms with Crippen LogP contribution in [0, 0.1) is 11.3 Å². The lowest BCUT2D eigenvalue weighted by atomic mass is 10.1. The van der Waals surface area contributed by atoms with Crippen molar-refractivity contribution in [2.45, 2.75) is 39.3 Å². The van der Waals surface area contributed by atoms with Crippen molar-refractivity contribution >= 4 is 16.9 Å². The molecule has 0 aliphatic carbocycles. The largest absolute Gasteiger partial charge is 0.550 e. The minimum Gasteiger partial charge on any atom is -0.550 e. The van der Waals surface area contributed by atoms with Gasteiger partial charge in [0.05, 0.1) is 11.7 Å². The molecule has 0 saturated heterocycles. The van der Waals surface area contributed by atoms with Gasteiger partial charge in [-0.05, 0) is 57.0 Å². The van der Waals surface area contributed by atoms with Gasteiger partial charge in [0.2, 0.25) is 5.82 Å². The van der Waals surface area contributed by atoms with Crippen molar-refractivity contribution < 1.29 is 19.2 Å². The number of hydrogen-bond donors (Lipinski definition) is 0. The molecule has 4 aromatic rings. The minimum atomic E-state index is -1.05. The molecule has 0 amide bonds. The van der Waals surface area contributed by atoms with E-state index in [1.807, 2.05) is 48.9 Å². The van der Waals surface area contributed by atoms with Gasteiger partial charge < -0.3 is 23.7 Å². The van der Waals surface area contributed by atoms with Crippen LogP contribution in [0.15, 0.2) is 53.2 Å². The number of carboxylic acid groups (broad SMARTS) is 1. The van der Waals surface area contributed by atoms with E-state index in [0.29, 0.717) is 41.6 Å². The van der Waals surface area contributed by atoms with E-state index in [-0.39, 0.29) is 12.5 Å². The number of carboxylic acids is 1. The Morgan fingerprint density at radius 2 is 2.12 bits per heavy atom. The fraction of sp³-hybridized carbons (Fsp3) is 0.250. The molecular weight excluding hydrogens is 408 g/mol. The zero-order valence-corrected chi connectivity index (χ0v) is 17.7. The van der Waals surface area contributed by atoms with Gasteiger partial charge in [0.25, 0.3) is 5.89 Å². The normalized spacial score (nSPS) is 11.1. The highest BCUT2D eigenvalue weighted by Gasteiger charge is 2.16. The van der Waals surface area contributed by atoms with Crippen molar-refractivity contribution in [2.24, 2.45) is 0 Å². The Morgan fingerprint density at radius 3 is 2.88 bits per heavy atom. The van der Waals surface area contributed by atoms with E-state index < -0.39 is 5.97 Å². The van der Waals surface area contributed by atoms with E-state index >= 15 is 0 Å². The van der Waals surface area contributed by atoms with Crippen LogP contribution in [0.5, 0.6) is 5.75 Å². The van der Waals surface area contributed by atoms with E-state index in [2.05, 4.69) is 16.2 Å². The molecule has 162 valence electrons. The summed E-state index contributed by atoms with van der Waals surface area (Å²) in [6.07, 6.45) is 2.37. The summed E-state index contributed by atoms with van der Waals surface area (Å²) < 4.78 is 13.1. The second kappa shape index (κ2) is 8.94. The molecule has 32 heavy (non-hydrogen) atoms. The molecule has 0 fully saturated rings. The van der Waals surface area contributed by atoms with Gasteiger partial charge in [-0.1, -0.05) is 17.3 Å². The lowest BCUT2D eigenvalue weighted by Crippen LogP contribution is -2.22. The Morgan fingerprint density at radius 1 is 1.28 bits per heavy atom. The first kappa shape index (κ1) is 21.1. The summed E-state index contributed by atoms with van der Waals surface area (Å²) >= 11 is 0. The maximum atomic E-state index is 10.7. The highest BCUT2D eigenvalue weighted by Crippen LogP contribution is 2.31. The van der Waals surface area contributed by atoms with Crippen molar-refractivity contribution in [2.75, 3.05) is 0 Å². The van der Waals surface area contributed by atoms with Crippen LogP contribution in [0.2, 0.25) is 0 Å². The molecule has 0 unspecified atom stereocenters. The number of nitrogens with zero attached hydrogens (tertiary/aromatic N) is 4. The summed E-state index contributed by atoms with van der Waals surface area (Å²) in [6.45, 7) is 4.37. The highest BCUT2D eigenvalue weighted by molar-refractivity contribution is 5.94. The molecule has 2 heterocycles. The molecule has 0 spiro atoms. The molecule has 0 atom stereocenters. The monoisotopic (exact) mass is 429 g/mol. The fourth-order valence-electron chi connectivity index (χ4n) is 3.56. The quantitative estimate of drug-likeness (QED) is 0.420. The van der Waals surface area contributed by atoms with Gasteiger partial charge in [-0.15, -0.1) is 0 Å². The number of carbonyl (C=O) groups excluding carboxylic acids is 1. The van der Waals surface area contributed by atoms with E-state index in [1.165, 1.54) is 0 Å². The maximum absolute atomic E-state index is 10.7. The third-order valence-corrected chi connectivity index (χ3v) is 4.97. The zero-order chi connectivity index (χ0) is 22.7. The van der Waals surface area contributed by atoms with E-state index in [1.54, 1.807) is 18.2 Å². The number of aliphatic carboxylic acids is 1. The molecule has 0 bridgehead atoms. The lowest BCUT2D eigenvalue weighted by molar-refractivity contribution is -0.305. The summed E-state index contributed by atoms with van der Waals surface area (Å²) in [5.41, 5.74) is 2.78. The number of hydrogen-bond acceptors (Lipinski definition) is 7. The predicted molar refractivity (Wildman–Crippen MR) is 115 cm³/mol. The Bertz CT molecular complexity index is 1310. The molecule has 2 aromatic heterocycles. The third kappa shape index (κ3) is 4.32. The van der Waals surface area contributed by atoms with Crippen LogP contribution >= 0.6 is 0 Å². The molecule has 2 aromatic carbocycles. The highest BCUT2D eigenvalue weighted by atomic mass is 16.5. The second-order valence-corrected chi connectivity index (χ2v) is 7.64. The third-order valence-electron chi connectivity index (χ3n) is 4.97. The van der Waals surface area contributed by atoms with Crippen LogP contribution in [0.3, 0.4) is 0 Å². The van der Waals surface area contributed by atoms with Crippen LogP contribution in [-0.2, 0) is 11.3 Å². The van der Waals surface area contributed by atoms with Crippen molar-refractivity contribution in [3.63, 3.8) is 0 Å². The van der Waals surface area contributed by atoms with Crippen LogP contribution < -0.4 is 9.84 Å². The van der Waals surface area contributed by atoms with Crippen LogP contribution in [0.25, 0.3) is 33.7 Å². The molecule has 0 aliphatic heterocycles. The Kier molecular flexibility index (Phi) is 5.90. The Labute approximate surface area is 184 Å². The van der Waals surface area contributed by atoms with Crippen LogP contribution in [0.4, 0.5) is 0 Å². The topological polar surface area (TPSA) is 117 Å². The first-order chi connectivity index (χ1) is 15.5. The van der Waals surface area contributed by atoms with Crippen LogP contribution in [-0.4, -0.2) is 26.8 Å². The van der Waals surface area contributed by atoms with Crippen molar-refractivity contribution in [1.29, 1.82) is 5.26 Å². The average Bonchev–Trinajstić information content (AvgIpc) is 3.41. The SMILES string of the molecule is CC(C)Oc1ccc(-c2nc(-c3cccc4c3ccn4CCCC(=O)[O-])no2)cc1C#N. The number of nitriles is 1. The molecular formula is C24H21N4O4-. The maximum Gasteiger partial charge on any atom is 0.258 e. The standard InChI is InChI=1S/C24H22N4O4/c1-15(2)31-21-9-8-16(13-17(21)14-25)24-26-23(27-32-24)19-5-3-6-20-18(19)10-12-28(20)11-4-7-22(29)30/h3,5-6,8-10,12-13,15H,4,7,11H2,1-2H3,(H,29,30)/p-1. The number of carbonyl (C=O) groups is 1. The molecule has 0 N–H and O–H groups in total. The number of rotatable bonds is 8. The molecule has 0 radical (unpaired) electrons. The van der Waals surface area contributed by atoms with Crippen molar-refractivity contribution in [3.8, 4) is 34.7 Å². The average molecular weight is 429 g/mol. The molecule has 8 heteroatoms. The van der Waals surface area contributed by atoms with Crippen molar-refractivity contribution in [3.05, 3.63) is 54.2 Å².